The molecule has 3 N–H and O–H groups in total. The molecular weight excluding hydrogens is 354 g/mol. The number of carbonyl (C=O) groups excluding carboxylic acids is 2. The van der Waals surface area contributed by atoms with Crippen molar-refractivity contribution in [3.8, 4) is 0 Å². The smallest absolute Gasteiger partial charge is 0.256 e. The molecule has 4 unspecified atom stereocenters. The first kappa shape index (κ1) is 19.2. The van der Waals surface area contributed by atoms with E-state index in [0.717, 1.165) is 38.6 Å². The molecule has 7 nitrogen and oxygen atoms in total. The van der Waals surface area contributed by atoms with Gasteiger partial charge < -0.3 is 20.9 Å². The molecule has 28 heavy (non-hydrogen) atoms. The maximum Gasteiger partial charge on any atom is 0.256 e. The van der Waals surface area contributed by atoms with Gasteiger partial charge in [0.2, 0.25) is 5.91 Å². The quantitative estimate of drug-likeness (QED) is 0.673. The van der Waals surface area contributed by atoms with Crippen LogP contribution in [0.5, 0.6) is 0 Å². The maximum absolute atomic E-state index is 12.9. The largest absolute Gasteiger partial charge is 0.356 e. The van der Waals surface area contributed by atoms with Crippen molar-refractivity contribution < 1.29 is 9.59 Å². The van der Waals surface area contributed by atoms with Gasteiger partial charge in [-0.15, -0.1) is 0 Å². The summed E-state index contributed by atoms with van der Waals surface area (Å²) in [7, 11) is 4.09. The third kappa shape index (κ3) is 3.26. The van der Waals surface area contributed by atoms with Gasteiger partial charge >= 0.3 is 0 Å². The number of nitrogens with zero attached hydrogens (tertiary/aromatic N) is 2. The van der Waals surface area contributed by atoms with Crippen molar-refractivity contribution in [2.75, 3.05) is 32.5 Å². The lowest BCUT2D eigenvalue weighted by molar-refractivity contribution is -0.139. The van der Waals surface area contributed by atoms with Crippen molar-refractivity contribution in [1.29, 1.82) is 0 Å². The van der Waals surface area contributed by atoms with Crippen molar-refractivity contribution in [3.63, 3.8) is 0 Å². The van der Waals surface area contributed by atoms with Crippen molar-refractivity contribution in [3.05, 3.63) is 23.9 Å². The fourth-order valence-corrected chi connectivity index (χ4v) is 5.45. The normalized spacial score (nSPS) is 33.4. The van der Waals surface area contributed by atoms with E-state index in [1.807, 2.05) is 14.1 Å². The molecule has 3 saturated carbocycles. The topological polar surface area (TPSA) is 86.4 Å². The van der Waals surface area contributed by atoms with Crippen LogP contribution in [0.25, 0.3) is 0 Å². The zero-order chi connectivity index (χ0) is 19.9. The molecule has 0 radical (unpaired) electrons. The van der Waals surface area contributed by atoms with E-state index in [2.05, 4.69) is 32.8 Å². The zero-order valence-corrected chi connectivity index (χ0v) is 17.0. The average Bonchev–Trinajstić information content (AvgIpc) is 2.64. The van der Waals surface area contributed by atoms with Gasteiger partial charge in [0.1, 0.15) is 11.5 Å². The molecule has 1 aliphatic heterocycles. The number of fused-ring (bicyclic) bond motifs is 3. The molecule has 3 aliphatic carbocycles. The lowest BCUT2D eigenvalue weighted by atomic mass is 9.51. The SMILES string of the molecule is CN(C)CCCNC(=O)C1CC2CCC1(C)CC21NC(=O)c2cccnc2N1. The minimum Gasteiger partial charge on any atom is -0.356 e. The van der Waals surface area contributed by atoms with Crippen molar-refractivity contribution in [1.82, 2.24) is 20.5 Å². The predicted molar refractivity (Wildman–Crippen MR) is 108 cm³/mol. The highest BCUT2D eigenvalue weighted by Gasteiger charge is 2.60. The Labute approximate surface area is 166 Å². The van der Waals surface area contributed by atoms with E-state index >= 15 is 0 Å². The first-order valence-corrected chi connectivity index (χ1v) is 10.3. The Hall–Kier alpha value is -2.15. The molecule has 3 fully saturated rings. The molecule has 2 bridgehead atoms. The number of amides is 2. The van der Waals surface area contributed by atoms with Gasteiger partial charge in [-0.2, -0.15) is 0 Å². The van der Waals surface area contributed by atoms with Gasteiger partial charge in [0.05, 0.1) is 5.56 Å². The minimum absolute atomic E-state index is 0.0000580. The van der Waals surface area contributed by atoms with Gasteiger partial charge in [-0.25, -0.2) is 4.98 Å². The molecular formula is C21H31N5O2. The summed E-state index contributed by atoms with van der Waals surface area (Å²) in [6.07, 6.45) is 6.24. The highest BCUT2D eigenvalue weighted by molar-refractivity contribution is 6.01. The summed E-state index contributed by atoms with van der Waals surface area (Å²) in [4.78, 5) is 32.2. The molecule has 1 spiro atoms. The fourth-order valence-electron chi connectivity index (χ4n) is 5.45. The molecule has 0 saturated heterocycles. The van der Waals surface area contributed by atoms with E-state index < -0.39 is 5.66 Å². The summed E-state index contributed by atoms with van der Waals surface area (Å²) in [5.74, 6) is 0.988. The summed E-state index contributed by atoms with van der Waals surface area (Å²) < 4.78 is 0. The molecule has 152 valence electrons. The number of hydrogen-bond donors (Lipinski definition) is 3. The molecule has 1 aromatic heterocycles. The monoisotopic (exact) mass is 385 g/mol. The van der Waals surface area contributed by atoms with Crippen LogP contribution in [0.15, 0.2) is 18.3 Å². The first-order chi connectivity index (χ1) is 13.3. The van der Waals surface area contributed by atoms with Crippen LogP contribution in [-0.4, -0.2) is 54.5 Å². The van der Waals surface area contributed by atoms with E-state index in [4.69, 9.17) is 0 Å². The number of carbonyl (C=O) groups is 2. The number of aromatic nitrogens is 1. The molecule has 7 heteroatoms. The number of pyridine rings is 1. The zero-order valence-electron chi connectivity index (χ0n) is 17.0. The van der Waals surface area contributed by atoms with E-state index in [9.17, 15) is 9.59 Å². The van der Waals surface area contributed by atoms with Crippen LogP contribution in [0.3, 0.4) is 0 Å². The third-order valence-corrected chi connectivity index (χ3v) is 6.93. The summed E-state index contributed by atoms with van der Waals surface area (Å²) >= 11 is 0. The van der Waals surface area contributed by atoms with E-state index in [1.165, 1.54) is 0 Å². The third-order valence-electron chi connectivity index (χ3n) is 6.93. The van der Waals surface area contributed by atoms with Gasteiger partial charge in [-0.3, -0.25) is 9.59 Å². The Bertz CT molecular complexity index is 782. The van der Waals surface area contributed by atoms with E-state index in [-0.39, 0.29) is 29.1 Å². The second kappa shape index (κ2) is 7.03. The Kier molecular flexibility index (Phi) is 4.81. The lowest BCUT2D eigenvalue weighted by Crippen LogP contribution is -2.70. The Morgan fingerprint density at radius 2 is 2.21 bits per heavy atom. The van der Waals surface area contributed by atoms with Gasteiger partial charge in [0, 0.05) is 24.6 Å². The Morgan fingerprint density at radius 3 is 2.96 bits per heavy atom. The summed E-state index contributed by atoms with van der Waals surface area (Å²) in [6, 6.07) is 3.58. The highest BCUT2D eigenvalue weighted by Crippen LogP contribution is 2.58. The van der Waals surface area contributed by atoms with Gasteiger partial charge in [0.15, 0.2) is 0 Å². The van der Waals surface area contributed by atoms with Crippen LogP contribution in [0, 0.1) is 17.3 Å². The standard InChI is InChI=1S/C21H31N5O2/c1-20-8-7-14(12-16(20)19(28)23-10-5-11-26(2)3)21(13-20)24-17-15(18(27)25-21)6-4-9-22-17/h4,6,9,14,16H,5,7-8,10-13H2,1-3H3,(H,22,24)(H,23,28)(H,25,27). The van der Waals surface area contributed by atoms with Crippen LogP contribution in [0.4, 0.5) is 5.82 Å². The van der Waals surface area contributed by atoms with Crippen LogP contribution in [0.2, 0.25) is 0 Å². The highest BCUT2D eigenvalue weighted by atomic mass is 16.2. The van der Waals surface area contributed by atoms with Crippen LogP contribution in [-0.2, 0) is 4.79 Å². The van der Waals surface area contributed by atoms with Gasteiger partial charge in [-0.1, -0.05) is 6.92 Å². The molecule has 4 aliphatic rings. The summed E-state index contributed by atoms with van der Waals surface area (Å²) in [5, 5.41) is 9.93. The predicted octanol–water partition coefficient (Wildman–Crippen LogP) is 1.83. The van der Waals surface area contributed by atoms with Crippen molar-refractivity contribution in [2.24, 2.45) is 17.3 Å². The van der Waals surface area contributed by atoms with Crippen LogP contribution in [0.1, 0.15) is 49.4 Å². The first-order valence-electron chi connectivity index (χ1n) is 10.3. The average molecular weight is 386 g/mol. The number of rotatable bonds is 5. The summed E-state index contributed by atoms with van der Waals surface area (Å²) in [6.45, 7) is 3.89. The second-order valence-electron chi connectivity index (χ2n) is 9.25. The maximum atomic E-state index is 12.9. The molecule has 5 rings (SSSR count). The van der Waals surface area contributed by atoms with Crippen LogP contribution < -0.4 is 16.0 Å². The molecule has 2 heterocycles. The second-order valence-corrected chi connectivity index (χ2v) is 9.25. The minimum atomic E-state index is -0.493. The number of nitrogens with one attached hydrogen (secondary N) is 3. The molecule has 1 aromatic rings. The number of anilines is 1. The Morgan fingerprint density at radius 1 is 1.39 bits per heavy atom. The van der Waals surface area contributed by atoms with Crippen LogP contribution >= 0.6 is 0 Å². The molecule has 0 aromatic carbocycles. The molecule has 4 atom stereocenters. The number of hydrogen-bond acceptors (Lipinski definition) is 5. The van der Waals surface area contributed by atoms with Crippen molar-refractivity contribution >= 4 is 17.6 Å². The van der Waals surface area contributed by atoms with E-state index in [1.54, 1.807) is 18.3 Å². The van der Waals surface area contributed by atoms with Gasteiger partial charge in [0.25, 0.3) is 5.91 Å². The van der Waals surface area contributed by atoms with Gasteiger partial charge in [-0.05, 0) is 70.3 Å². The fraction of sp³-hybridized carbons (Fsp3) is 0.667. The Balaban J connectivity index is 1.48. The molecule has 2 amide bonds. The lowest BCUT2D eigenvalue weighted by Gasteiger charge is -2.60. The van der Waals surface area contributed by atoms with Crippen molar-refractivity contribution in [2.45, 2.75) is 44.7 Å². The van der Waals surface area contributed by atoms with E-state index in [0.29, 0.717) is 17.9 Å². The summed E-state index contributed by atoms with van der Waals surface area (Å²) in [5.41, 5.74) is -0.0324.